The highest BCUT2D eigenvalue weighted by atomic mass is 16.4. The van der Waals surface area contributed by atoms with Crippen LogP contribution in [0.25, 0.3) is 10.9 Å². The van der Waals surface area contributed by atoms with Crippen molar-refractivity contribution in [1.29, 1.82) is 0 Å². The molecule has 0 aliphatic heterocycles. The first kappa shape index (κ1) is 16.9. The average molecular weight is 335 g/mol. The van der Waals surface area contributed by atoms with Gasteiger partial charge in [-0.3, -0.25) is 19.0 Å². The maximum Gasteiger partial charge on any atom is 0.329 e. The molecule has 10 nitrogen and oxygen atoms in total. The van der Waals surface area contributed by atoms with Gasteiger partial charge in [-0.1, -0.05) is 12.1 Å². The van der Waals surface area contributed by atoms with Gasteiger partial charge in [-0.05, 0) is 12.1 Å². The quantitative estimate of drug-likeness (QED) is 0.512. The Balaban J connectivity index is 2.27. The molecule has 1 aromatic carbocycles. The summed E-state index contributed by atoms with van der Waals surface area (Å²) in [6.45, 7) is -0.734. The van der Waals surface area contributed by atoms with Crippen molar-refractivity contribution in [2.45, 2.75) is 19.0 Å². The second kappa shape index (κ2) is 6.77. The third-order valence-corrected chi connectivity index (χ3v) is 3.20. The van der Waals surface area contributed by atoms with Gasteiger partial charge < -0.3 is 20.5 Å². The van der Waals surface area contributed by atoms with Gasteiger partial charge in [0.2, 0.25) is 5.91 Å². The highest BCUT2D eigenvalue weighted by molar-refractivity contribution is 5.86. The SMILES string of the molecule is O=C(O)CC(NC(=O)Cn1c(=O)[nH]c2ccccc2c1=O)C(=O)O. The van der Waals surface area contributed by atoms with E-state index in [4.69, 9.17) is 10.2 Å². The molecular weight excluding hydrogens is 322 g/mol. The molecule has 1 aromatic heterocycles. The topological polar surface area (TPSA) is 159 Å². The molecule has 1 heterocycles. The van der Waals surface area contributed by atoms with Gasteiger partial charge >= 0.3 is 17.6 Å². The Morgan fingerprint density at radius 1 is 1.17 bits per heavy atom. The summed E-state index contributed by atoms with van der Waals surface area (Å²) in [4.78, 5) is 59.9. The molecule has 0 aliphatic carbocycles. The highest BCUT2D eigenvalue weighted by Crippen LogP contribution is 2.02. The van der Waals surface area contributed by atoms with E-state index in [1.165, 1.54) is 12.1 Å². The molecule has 0 spiro atoms. The number of carbonyl (C=O) groups is 3. The fourth-order valence-corrected chi connectivity index (χ4v) is 2.10. The van der Waals surface area contributed by atoms with Gasteiger partial charge in [-0.15, -0.1) is 0 Å². The number of hydrogen-bond donors (Lipinski definition) is 4. The van der Waals surface area contributed by atoms with Crippen molar-refractivity contribution in [2.75, 3.05) is 0 Å². The van der Waals surface area contributed by atoms with Crippen LogP contribution in [0.2, 0.25) is 0 Å². The Bertz CT molecular complexity index is 928. The van der Waals surface area contributed by atoms with E-state index >= 15 is 0 Å². The molecule has 126 valence electrons. The summed E-state index contributed by atoms with van der Waals surface area (Å²) >= 11 is 0. The molecule has 24 heavy (non-hydrogen) atoms. The first-order chi connectivity index (χ1) is 11.3. The lowest BCUT2D eigenvalue weighted by atomic mass is 10.2. The molecule has 2 rings (SSSR count). The number of nitrogens with one attached hydrogen (secondary N) is 2. The second-order valence-electron chi connectivity index (χ2n) is 4.92. The summed E-state index contributed by atoms with van der Waals surface area (Å²) < 4.78 is 0.608. The van der Waals surface area contributed by atoms with Crippen molar-refractivity contribution < 1.29 is 24.6 Å². The van der Waals surface area contributed by atoms with Crippen LogP contribution in [0.3, 0.4) is 0 Å². The zero-order valence-corrected chi connectivity index (χ0v) is 12.2. The number of amides is 1. The van der Waals surface area contributed by atoms with Crippen LogP contribution >= 0.6 is 0 Å². The Morgan fingerprint density at radius 2 is 1.83 bits per heavy atom. The number of aromatic nitrogens is 2. The molecule has 1 amide bonds. The Kier molecular flexibility index (Phi) is 4.78. The predicted molar refractivity (Wildman–Crippen MR) is 80.6 cm³/mol. The third kappa shape index (κ3) is 3.66. The number of fused-ring (bicyclic) bond motifs is 1. The minimum absolute atomic E-state index is 0.185. The van der Waals surface area contributed by atoms with Crippen LogP contribution in [0.15, 0.2) is 33.9 Å². The van der Waals surface area contributed by atoms with Crippen LogP contribution in [-0.4, -0.2) is 43.7 Å². The predicted octanol–water partition coefficient (Wildman–Crippen LogP) is -1.27. The highest BCUT2D eigenvalue weighted by Gasteiger charge is 2.23. The number of para-hydroxylation sites is 1. The zero-order valence-electron chi connectivity index (χ0n) is 12.2. The molecule has 0 fully saturated rings. The van der Waals surface area contributed by atoms with Crippen molar-refractivity contribution in [3.63, 3.8) is 0 Å². The number of H-pyrrole nitrogens is 1. The lowest BCUT2D eigenvalue weighted by molar-refractivity contribution is -0.147. The van der Waals surface area contributed by atoms with Gasteiger partial charge in [0.05, 0.1) is 17.3 Å². The second-order valence-corrected chi connectivity index (χ2v) is 4.92. The van der Waals surface area contributed by atoms with Crippen molar-refractivity contribution >= 4 is 28.7 Å². The van der Waals surface area contributed by atoms with E-state index < -0.39 is 48.1 Å². The summed E-state index contributed by atoms with van der Waals surface area (Å²) in [5.74, 6) is -3.92. The smallest absolute Gasteiger partial charge is 0.329 e. The summed E-state index contributed by atoms with van der Waals surface area (Å²) in [6, 6.07) is 4.53. The van der Waals surface area contributed by atoms with E-state index in [2.05, 4.69) is 4.98 Å². The molecule has 0 saturated heterocycles. The number of carboxylic acids is 2. The van der Waals surface area contributed by atoms with Crippen LogP contribution in [0.5, 0.6) is 0 Å². The van der Waals surface area contributed by atoms with Crippen molar-refractivity contribution in [2.24, 2.45) is 0 Å². The number of rotatable bonds is 6. The van der Waals surface area contributed by atoms with E-state index in [0.717, 1.165) is 0 Å². The molecular formula is C14H13N3O7. The Morgan fingerprint density at radius 3 is 2.46 bits per heavy atom. The summed E-state index contributed by atoms with van der Waals surface area (Å²) in [5, 5.41) is 19.6. The maximum absolute atomic E-state index is 12.2. The zero-order chi connectivity index (χ0) is 17.9. The number of aromatic amines is 1. The lowest BCUT2D eigenvalue weighted by Crippen LogP contribution is -2.46. The number of hydrogen-bond acceptors (Lipinski definition) is 5. The van der Waals surface area contributed by atoms with Crippen LogP contribution in [0.4, 0.5) is 0 Å². The molecule has 0 saturated carbocycles. The van der Waals surface area contributed by atoms with Crippen LogP contribution in [0, 0.1) is 0 Å². The minimum Gasteiger partial charge on any atom is -0.481 e. The van der Waals surface area contributed by atoms with E-state index in [9.17, 15) is 24.0 Å². The minimum atomic E-state index is -1.66. The number of carboxylic acid groups (broad SMARTS) is 2. The van der Waals surface area contributed by atoms with E-state index in [-0.39, 0.29) is 5.39 Å². The fraction of sp³-hybridized carbons (Fsp3) is 0.214. The molecule has 0 radical (unpaired) electrons. The van der Waals surface area contributed by atoms with Crippen LogP contribution in [-0.2, 0) is 20.9 Å². The normalized spacial score (nSPS) is 11.8. The van der Waals surface area contributed by atoms with Gasteiger partial charge in [-0.25, -0.2) is 9.59 Å². The van der Waals surface area contributed by atoms with Gasteiger partial charge in [0, 0.05) is 0 Å². The van der Waals surface area contributed by atoms with Crippen molar-refractivity contribution in [1.82, 2.24) is 14.9 Å². The van der Waals surface area contributed by atoms with Gasteiger partial charge in [0.15, 0.2) is 0 Å². The van der Waals surface area contributed by atoms with Gasteiger partial charge in [0.25, 0.3) is 5.56 Å². The first-order valence-corrected chi connectivity index (χ1v) is 6.75. The summed E-state index contributed by atoms with van der Waals surface area (Å²) in [6.07, 6.45) is -0.829. The van der Waals surface area contributed by atoms with E-state index in [0.29, 0.717) is 10.1 Å². The molecule has 1 unspecified atom stereocenters. The standard InChI is InChI=1S/C14H13N3O7/c18-10(15-9(13(22)23)5-11(19)20)6-17-12(21)7-3-1-2-4-8(7)16-14(17)24/h1-4,9H,5-6H2,(H,15,18)(H,16,24)(H,19,20)(H,22,23). The molecule has 10 heteroatoms. The number of nitrogens with zero attached hydrogens (tertiary/aromatic N) is 1. The van der Waals surface area contributed by atoms with E-state index in [1.54, 1.807) is 12.1 Å². The van der Waals surface area contributed by atoms with Crippen molar-refractivity contribution in [3.05, 3.63) is 45.1 Å². The van der Waals surface area contributed by atoms with Crippen LogP contribution in [0.1, 0.15) is 6.42 Å². The third-order valence-electron chi connectivity index (χ3n) is 3.20. The van der Waals surface area contributed by atoms with Gasteiger partial charge in [0.1, 0.15) is 12.6 Å². The summed E-state index contributed by atoms with van der Waals surface area (Å²) in [7, 11) is 0. The van der Waals surface area contributed by atoms with Gasteiger partial charge in [-0.2, -0.15) is 0 Å². The van der Waals surface area contributed by atoms with E-state index in [1.807, 2.05) is 5.32 Å². The maximum atomic E-state index is 12.2. The molecule has 1 atom stereocenters. The number of aliphatic carboxylic acids is 2. The number of benzene rings is 1. The first-order valence-electron chi connectivity index (χ1n) is 6.75. The fourth-order valence-electron chi connectivity index (χ4n) is 2.10. The largest absolute Gasteiger partial charge is 0.481 e. The lowest BCUT2D eigenvalue weighted by Gasteiger charge is -2.13. The van der Waals surface area contributed by atoms with Crippen molar-refractivity contribution in [3.8, 4) is 0 Å². The Labute approximate surface area is 133 Å². The molecule has 0 bridgehead atoms. The number of carbonyl (C=O) groups excluding carboxylic acids is 1. The molecule has 2 aromatic rings. The van der Waals surface area contributed by atoms with Crippen LogP contribution < -0.4 is 16.6 Å². The molecule has 0 aliphatic rings. The Hall–Kier alpha value is -3.43. The summed E-state index contributed by atoms with van der Waals surface area (Å²) in [5.41, 5.74) is -1.24. The average Bonchev–Trinajstić information content (AvgIpc) is 2.50. The monoisotopic (exact) mass is 335 g/mol. The molecule has 4 N–H and O–H groups in total.